The Labute approximate surface area is 193 Å². The van der Waals surface area contributed by atoms with Gasteiger partial charge in [0, 0.05) is 24.8 Å². The van der Waals surface area contributed by atoms with Gasteiger partial charge in [0.05, 0.1) is 23.1 Å². The van der Waals surface area contributed by atoms with E-state index in [-0.39, 0.29) is 11.0 Å². The third-order valence-corrected chi connectivity index (χ3v) is 7.50. The number of carbonyl (C=O) groups excluding carboxylic acids is 2. The van der Waals surface area contributed by atoms with Crippen LogP contribution in [0.15, 0.2) is 5.16 Å². The van der Waals surface area contributed by atoms with Crippen molar-refractivity contribution in [3.8, 4) is 0 Å². The first-order valence-corrected chi connectivity index (χ1v) is 12.5. The van der Waals surface area contributed by atoms with Gasteiger partial charge < -0.3 is 14.6 Å². The Kier molecular flexibility index (Phi) is 6.65. The highest BCUT2D eigenvalue weighted by atomic mass is 32.2. The number of nitrogens with zero attached hydrogens (tertiary/aromatic N) is 4. The summed E-state index contributed by atoms with van der Waals surface area (Å²) in [5.74, 6) is 1.25. The molecule has 1 aliphatic carbocycles. The topological polar surface area (TPSA) is 93.1 Å². The monoisotopic (exact) mass is 459 g/mol. The molecular formula is C23H33N5O3S. The molecule has 0 aromatic carbocycles. The minimum Gasteiger partial charge on any atom is -0.462 e. The molecule has 32 heavy (non-hydrogen) atoms. The average Bonchev–Trinajstić information content (AvgIpc) is 3.44. The molecule has 3 heterocycles. The maximum Gasteiger partial charge on any atom is 0.340 e. The minimum absolute atomic E-state index is 0.0511. The molecule has 4 rings (SSSR count). The normalized spacial score (nSPS) is 18.1. The number of aromatic nitrogens is 4. The summed E-state index contributed by atoms with van der Waals surface area (Å²) in [5, 5.41) is 9.45. The van der Waals surface area contributed by atoms with Crippen molar-refractivity contribution in [3.63, 3.8) is 0 Å². The van der Waals surface area contributed by atoms with Crippen molar-refractivity contribution in [2.45, 2.75) is 76.8 Å². The van der Waals surface area contributed by atoms with Gasteiger partial charge in [-0.3, -0.25) is 9.36 Å². The second kappa shape index (κ2) is 9.29. The zero-order valence-electron chi connectivity index (χ0n) is 19.6. The second-order valence-corrected chi connectivity index (χ2v) is 10.3. The van der Waals surface area contributed by atoms with Crippen LogP contribution in [0.2, 0.25) is 0 Å². The molecular weight excluding hydrogens is 426 g/mol. The van der Waals surface area contributed by atoms with Crippen molar-refractivity contribution >= 4 is 29.5 Å². The summed E-state index contributed by atoms with van der Waals surface area (Å²) in [5.41, 5.74) is 2.22. The summed E-state index contributed by atoms with van der Waals surface area (Å²) in [4.78, 5) is 31.0. The quantitative estimate of drug-likeness (QED) is 0.357. The molecule has 0 amide bonds. The van der Waals surface area contributed by atoms with E-state index in [9.17, 15) is 9.59 Å². The first kappa shape index (κ1) is 22.9. The number of esters is 1. The molecule has 8 nitrogen and oxygen atoms in total. The number of piperidine rings is 1. The Hall–Kier alpha value is -2.29. The molecule has 1 aliphatic heterocycles. The smallest absolute Gasteiger partial charge is 0.340 e. The summed E-state index contributed by atoms with van der Waals surface area (Å²) in [6.45, 7) is 11.9. The maximum absolute atomic E-state index is 13.3. The zero-order valence-corrected chi connectivity index (χ0v) is 20.4. The minimum atomic E-state index is -0.396. The molecule has 9 heteroatoms. The maximum atomic E-state index is 13.3. The van der Waals surface area contributed by atoms with Crippen molar-refractivity contribution in [2.24, 2.45) is 5.92 Å². The lowest BCUT2D eigenvalue weighted by molar-refractivity contribution is 0.0525. The second-order valence-electron chi connectivity index (χ2n) is 9.02. The van der Waals surface area contributed by atoms with Gasteiger partial charge in [-0.05, 0) is 64.9 Å². The van der Waals surface area contributed by atoms with E-state index in [4.69, 9.17) is 4.74 Å². The zero-order chi connectivity index (χ0) is 23.0. The van der Waals surface area contributed by atoms with Crippen molar-refractivity contribution in [2.75, 3.05) is 24.6 Å². The molecule has 1 saturated carbocycles. The van der Waals surface area contributed by atoms with Crippen LogP contribution in [0.25, 0.3) is 0 Å². The molecule has 2 aliphatic rings. The van der Waals surface area contributed by atoms with E-state index < -0.39 is 5.97 Å². The SMILES string of the molecule is CCOC(=O)c1c(C)[nH]c(C(=O)C(C)Sc2nnc(N3CCC(C)CC3)n2C2CC2)c1C. The molecule has 2 fully saturated rings. The van der Waals surface area contributed by atoms with Crippen molar-refractivity contribution in [1.29, 1.82) is 0 Å². The van der Waals surface area contributed by atoms with Gasteiger partial charge in [0.1, 0.15) is 0 Å². The lowest BCUT2D eigenvalue weighted by atomic mass is 10.00. The highest BCUT2D eigenvalue weighted by Gasteiger charge is 2.34. The van der Waals surface area contributed by atoms with Crippen LogP contribution in [0, 0.1) is 19.8 Å². The molecule has 174 valence electrons. The number of H-pyrrole nitrogens is 1. The standard InChI is InChI=1S/C23H33N5O3S/c1-6-31-21(30)18-14(3)19(24-15(18)4)20(29)16(5)32-23-26-25-22(28(23)17-7-8-17)27-11-9-13(2)10-12-27/h13,16-17,24H,6-12H2,1-5H3. The third-order valence-electron chi connectivity index (χ3n) is 6.44. The van der Waals surface area contributed by atoms with Crippen molar-refractivity contribution in [3.05, 3.63) is 22.5 Å². The number of carbonyl (C=O) groups is 2. The number of Topliss-reactive ketones (excluding diaryl/α,β-unsaturated/α-hetero) is 1. The van der Waals surface area contributed by atoms with Gasteiger partial charge >= 0.3 is 5.97 Å². The van der Waals surface area contributed by atoms with Crippen LogP contribution in [0.5, 0.6) is 0 Å². The van der Waals surface area contributed by atoms with Gasteiger partial charge in [-0.25, -0.2) is 4.79 Å². The highest BCUT2D eigenvalue weighted by Crippen LogP contribution is 2.42. The number of nitrogens with one attached hydrogen (secondary N) is 1. The summed E-state index contributed by atoms with van der Waals surface area (Å²) in [6.07, 6.45) is 4.60. The van der Waals surface area contributed by atoms with Gasteiger partial charge in [-0.15, -0.1) is 10.2 Å². The lowest BCUT2D eigenvalue weighted by Crippen LogP contribution is -2.34. The van der Waals surface area contributed by atoms with E-state index in [0.717, 1.165) is 43.0 Å². The number of anilines is 1. The fourth-order valence-electron chi connectivity index (χ4n) is 4.35. The van der Waals surface area contributed by atoms with E-state index >= 15 is 0 Å². The number of hydrogen-bond donors (Lipinski definition) is 1. The molecule has 0 radical (unpaired) electrons. The fraction of sp³-hybridized carbons (Fsp3) is 0.652. The first-order chi connectivity index (χ1) is 15.3. The van der Waals surface area contributed by atoms with E-state index in [1.807, 2.05) is 6.92 Å². The van der Waals surface area contributed by atoms with E-state index in [1.54, 1.807) is 20.8 Å². The van der Waals surface area contributed by atoms with Crippen molar-refractivity contribution in [1.82, 2.24) is 19.7 Å². The molecule has 1 saturated heterocycles. The Morgan fingerprint density at radius 2 is 1.88 bits per heavy atom. The number of hydrogen-bond acceptors (Lipinski definition) is 7. The third kappa shape index (κ3) is 4.44. The average molecular weight is 460 g/mol. The highest BCUT2D eigenvalue weighted by molar-refractivity contribution is 8.00. The molecule has 2 aromatic rings. The van der Waals surface area contributed by atoms with Crippen LogP contribution in [0.4, 0.5) is 5.95 Å². The molecule has 0 spiro atoms. The van der Waals surface area contributed by atoms with Crippen LogP contribution in [0.1, 0.15) is 84.6 Å². The summed E-state index contributed by atoms with van der Waals surface area (Å²) < 4.78 is 7.39. The van der Waals surface area contributed by atoms with Gasteiger partial charge in [0.25, 0.3) is 0 Å². The summed E-state index contributed by atoms with van der Waals surface area (Å²) in [7, 11) is 0. The lowest BCUT2D eigenvalue weighted by Gasteiger charge is -2.31. The number of ether oxygens (including phenoxy) is 1. The van der Waals surface area contributed by atoms with E-state index in [1.165, 1.54) is 24.6 Å². The van der Waals surface area contributed by atoms with Crippen LogP contribution in [-0.2, 0) is 4.74 Å². The summed E-state index contributed by atoms with van der Waals surface area (Å²) in [6, 6.07) is 0.425. The molecule has 1 N–H and O–H groups in total. The predicted octanol–water partition coefficient (Wildman–Crippen LogP) is 4.33. The Morgan fingerprint density at radius 1 is 1.19 bits per heavy atom. The number of thioether (sulfide) groups is 1. The van der Waals surface area contributed by atoms with Gasteiger partial charge in [-0.1, -0.05) is 18.7 Å². The number of rotatable bonds is 8. The van der Waals surface area contributed by atoms with Gasteiger partial charge in [0.2, 0.25) is 5.95 Å². The number of ketones is 1. The Bertz CT molecular complexity index is 1000. The number of aromatic amines is 1. The first-order valence-electron chi connectivity index (χ1n) is 11.6. The van der Waals surface area contributed by atoms with Crippen LogP contribution in [0.3, 0.4) is 0 Å². The van der Waals surface area contributed by atoms with Crippen LogP contribution >= 0.6 is 11.8 Å². The largest absolute Gasteiger partial charge is 0.462 e. The molecule has 2 aromatic heterocycles. The van der Waals surface area contributed by atoms with Gasteiger partial charge in [-0.2, -0.15) is 0 Å². The van der Waals surface area contributed by atoms with Crippen LogP contribution < -0.4 is 4.90 Å². The Balaban J connectivity index is 1.53. The predicted molar refractivity (Wildman–Crippen MR) is 125 cm³/mol. The molecule has 1 atom stereocenters. The molecule has 1 unspecified atom stereocenters. The van der Waals surface area contributed by atoms with E-state index in [2.05, 4.69) is 31.6 Å². The van der Waals surface area contributed by atoms with Crippen molar-refractivity contribution < 1.29 is 14.3 Å². The number of aryl methyl sites for hydroxylation is 1. The fourth-order valence-corrected chi connectivity index (χ4v) is 5.32. The molecule has 0 bridgehead atoms. The van der Waals surface area contributed by atoms with Gasteiger partial charge in [0.15, 0.2) is 10.9 Å². The van der Waals surface area contributed by atoms with Crippen LogP contribution in [-0.4, -0.2) is 56.4 Å². The summed E-state index contributed by atoms with van der Waals surface area (Å²) >= 11 is 1.45. The van der Waals surface area contributed by atoms with E-state index in [0.29, 0.717) is 35.2 Å². The Morgan fingerprint density at radius 3 is 2.50 bits per heavy atom.